The van der Waals surface area contributed by atoms with Crippen LogP contribution in [-0.4, -0.2) is 82.8 Å². The van der Waals surface area contributed by atoms with Crippen molar-refractivity contribution >= 4 is 35.4 Å². The molecule has 40 heavy (non-hydrogen) atoms. The maximum absolute atomic E-state index is 13.0. The summed E-state index contributed by atoms with van der Waals surface area (Å²) in [7, 11) is 0. The third-order valence-electron chi connectivity index (χ3n) is 6.39. The van der Waals surface area contributed by atoms with E-state index in [1.165, 1.54) is 43.0 Å². The van der Waals surface area contributed by atoms with E-state index in [9.17, 15) is 41.9 Å². The van der Waals surface area contributed by atoms with Crippen LogP contribution in [0.4, 0.5) is 13.2 Å². The molecule has 0 aliphatic carbocycles. The first-order valence-electron chi connectivity index (χ1n) is 12.9. The number of nitrogens with one attached hydrogen (secondary N) is 3. The molecule has 14 heteroatoms. The Balaban J connectivity index is 1.93. The fourth-order valence-corrected chi connectivity index (χ4v) is 4.19. The quantitative estimate of drug-likeness (QED) is 0.263. The molecule has 0 bridgehead atoms. The number of amides is 4. The van der Waals surface area contributed by atoms with Crippen LogP contribution in [0.2, 0.25) is 0 Å². The van der Waals surface area contributed by atoms with E-state index in [2.05, 4.69) is 16.0 Å². The summed E-state index contributed by atoms with van der Waals surface area (Å²) in [6.07, 6.45) is -3.85. The maximum atomic E-state index is 13.0. The Morgan fingerprint density at radius 3 is 2.15 bits per heavy atom. The van der Waals surface area contributed by atoms with Gasteiger partial charge in [-0.1, -0.05) is 6.92 Å². The number of nitrogens with zero attached hydrogens (tertiary/aromatic N) is 1. The van der Waals surface area contributed by atoms with Crippen LogP contribution in [0.25, 0.3) is 0 Å². The van der Waals surface area contributed by atoms with Crippen LogP contribution in [0.3, 0.4) is 0 Å². The molecule has 4 N–H and O–H groups in total. The second kappa shape index (κ2) is 14.4. The van der Waals surface area contributed by atoms with E-state index in [4.69, 9.17) is 5.11 Å². The molecule has 1 aliphatic rings. The third kappa shape index (κ3) is 9.06. The molecule has 0 radical (unpaired) electrons. The predicted molar refractivity (Wildman–Crippen MR) is 135 cm³/mol. The van der Waals surface area contributed by atoms with E-state index in [1.54, 1.807) is 0 Å². The minimum atomic E-state index is -5.11. The number of hydrogen-bond acceptors (Lipinski definition) is 6. The number of unbranched alkanes of at least 4 members (excludes halogenated alkanes) is 1. The summed E-state index contributed by atoms with van der Waals surface area (Å²) in [5.74, 6) is -5.48. The number of ketones is 1. The smallest absolute Gasteiger partial charge is 0.452 e. The Morgan fingerprint density at radius 2 is 1.60 bits per heavy atom. The molecule has 1 heterocycles. The lowest BCUT2D eigenvalue weighted by Crippen LogP contribution is -2.55. The molecule has 4 amide bonds. The molecule has 1 saturated heterocycles. The van der Waals surface area contributed by atoms with Crippen molar-refractivity contribution in [2.24, 2.45) is 0 Å². The van der Waals surface area contributed by atoms with Crippen LogP contribution in [-0.2, 0) is 19.2 Å². The second-order valence-electron chi connectivity index (χ2n) is 9.40. The third-order valence-corrected chi connectivity index (χ3v) is 6.39. The first-order chi connectivity index (χ1) is 18.8. The van der Waals surface area contributed by atoms with Crippen molar-refractivity contribution in [1.82, 2.24) is 20.9 Å². The van der Waals surface area contributed by atoms with Gasteiger partial charge in [0.25, 0.3) is 17.6 Å². The van der Waals surface area contributed by atoms with Gasteiger partial charge in [-0.25, -0.2) is 0 Å². The van der Waals surface area contributed by atoms with Gasteiger partial charge in [-0.15, -0.1) is 0 Å². The van der Waals surface area contributed by atoms with E-state index in [0.29, 0.717) is 25.8 Å². The van der Waals surface area contributed by atoms with Crippen molar-refractivity contribution in [3.63, 3.8) is 0 Å². The molecule has 0 aromatic heterocycles. The van der Waals surface area contributed by atoms with Crippen LogP contribution in [0.1, 0.15) is 73.1 Å². The molecule has 1 aromatic rings. The van der Waals surface area contributed by atoms with Crippen LogP contribution in [0.5, 0.6) is 0 Å². The van der Waals surface area contributed by atoms with Crippen molar-refractivity contribution in [2.75, 3.05) is 13.1 Å². The highest BCUT2D eigenvalue weighted by Gasteiger charge is 2.44. The van der Waals surface area contributed by atoms with Gasteiger partial charge in [-0.2, -0.15) is 13.2 Å². The second-order valence-corrected chi connectivity index (χ2v) is 9.40. The zero-order chi connectivity index (χ0) is 30.0. The first-order valence-corrected chi connectivity index (χ1v) is 12.9. The fraction of sp³-hybridized carbons (Fsp3) is 0.538. The topological polar surface area (TPSA) is 162 Å². The normalized spacial score (nSPS) is 16.5. The van der Waals surface area contributed by atoms with Gasteiger partial charge in [-0.05, 0) is 63.3 Å². The van der Waals surface area contributed by atoms with Crippen molar-refractivity contribution in [3.05, 3.63) is 35.4 Å². The highest BCUT2D eigenvalue weighted by molar-refractivity contribution is 6.00. The average Bonchev–Trinajstić information content (AvgIpc) is 3.40. The number of carboxylic acids is 1. The SMILES string of the molecule is CCC(NC(=O)[C@@H]1CCCN1C(=O)[C@H](C)NC(=O)c1ccc(C(=O)NCCCCC(=O)O)cc1)C(=O)C(F)(F)F. The zero-order valence-corrected chi connectivity index (χ0v) is 22.2. The van der Waals surface area contributed by atoms with Crippen LogP contribution < -0.4 is 16.0 Å². The molecule has 2 rings (SSSR count). The molecule has 1 unspecified atom stereocenters. The van der Waals surface area contributed by atoms with E-state index in [1.807, 2.05) is 0 Å². The molecule has 0 spiro atoms. The van der Waals surface area contributed by atoms with Crippen molar-refractivity contribution in [1.29, 1.82) is 0 Å². The van der Waals surface area contributed by atoms with E-state index in [0.717, 1.165) is 0 Å². The largest absolute Gasteiger partial charge is 0.481 e. The Kier molecular flexibility index (Phi) is 11.6. The van der Waals surface area contributed by atoms with Gasteiger partial charge in [0.2, 0.25) is 11.8 Å². The lowest BCUT2D eigenvalue weighted by Gasteiger charge is -2.28. The summed E-state index contributed by atoms with van der Waals surface area (Å²) in [6, 6.07) is 1.70. The highest BCUT2D eigenvalue weighted by atomic mass is 19.4. The molecular weight excluding hydrogens is 537 g/mol. The Morgan fingerprint density at radius 1 is 1.00 bits per heavy atom. The molecule has 0 saturated carbocycles. The van der Waals surface area contributed by atoms with Gasteiger partial charge in [-0.3, -0.25) is 28.8 Å². The maximum Gasteiger partial charge on any atom is 0.452 e. The number of aliphatic carboxylic acids is 1. The van der Waals surface area contributed by atoms with E-state index in [-0.39, 0.29) is 36.9 Å². The predicted octanol–water partition coefficient (Wildman–Crippen LogP) is 1.81. The Hall–Kier alpha value is -3.97. The van der Waals surface area contributed by atoms with Gasteiger partial charge in [0.15, 0.2) is 0 Å². The number of halogens is 3. The van der Waals surface area contributed by atoms with E-state index < -0.39 is 59.7 Å². The Bertz CT molecular complexity index is 1110. The van der Waals surface area contributed by atoms with E-state index >= 15 is 0 Å². The number of carbonyl (C=O) groups excluding carboxylic acids is 5. The van der Waals surface area contributed by atoms with Gasteiger partial charge in [0.1, 0.15) is 12.1 Å². The summed E-state index contributed by atoms with van der Waals surface area (Å²) in [6.45, 7) is 3.18. The number of carboxylic acid groups (broad SMARTS) is 1. The number of Topliss-reactive ketones (excluding diaryl/α,β-unsaturated/α-hetero) is 1. The van der Waals surface area contributed by atoms with Gasteiger partial charge in [0.05, 0.1) is 6.04 Å². The summed E-state index contributed by atoms with van der Waals surface area (Å²) in [5.41, 5.74) is 0.434. The molecule has 1 aliphatic heterocycles. The van der Waals surface area contributed by atoms with Crippen LogP contribution in [0.15, 0.2) is 24.3 Å². The minimum Gasteiger partial charge on any atom is -0.481 e. The fourth-order valence-electron chi connectivity index (χ4n) is 4.19. The number of carbonyl (C=O) groups is 6. The number of hydrogen-bond donors (Lipinski definition) is 4. The lowest BCUT2D eigenvalue weighted by molar-refractivity contribution is -0.174. The first kappa shape index (κ1) is 32.2. The Labute approximate surface area is 228 Å². The number of alkyl halides is 3. The monoisotopic (exact) mass is 570 g/mol. The molecule has 11 nitrogen and oxygen atoms in total. The van der Waals surface area contributed by atoms with Crippen LogP contribution in [0, 0.1) is 0 Å². The molecule has 1 fully saturated rings. The molecular formula is C26H33F3N4O7. The lowest BCUT2D eigenvalue weighted by atomic mass is 10.1. The summed E-state index contributed by atoms with van der Waals surface area (Å²) in [4.78, 5) is 73.8. The van der Waals surface area contributed by atoms with Gasteiger partial charge in [0, 0.05) is 30.6 Å². The molecule has 1 aromatic carbocycles. The number of benzene rings is 1. The molecule has 220 valence electrons. The number of rotatable bonds is 13. The molecule has 3 atom stereocenters. The summed E-state index contributed by atoms with van der Waals surface area (Å²) >= 11 is 0. The summed E-state index contributed by atoms with van der Waals surface area (Å²) in [5, 5.41) is 15.9. The average molecular weight is 571 g/mol. The highest BCUT2D eigenvalue weighted by Crippen LogP contribution is 2.22. The zero-order valence-electron chi connectivity index (χ0n) is 22.2. The van der Waals surface area contributed by atoms with Crippen molar-refractivity contribution in [2.45, 2.75) is 76.7 Å². The van der Waals surface area contributed by atoms with Crippen molar-refractivity contribution in [3.8, 4) is 0 Å². The van der Waals surface area contributed by atoms with Crippen LogP contribution >= 0.6 is 0 Å². The summed E-state index contributed by atoms with van der Waals surface area (Å²) < 4.78 is 38.4. The van der Waals surface area contributed by atoms with Gasteiger partial charge >= 0.3 is 12.1 Å². The standard InChI is InChI=1S/C26H33F3N4O7/c1-3-18(21(36)26(27,28)29)32-24(39)19-7-6-14-33(19)25(40)15(2)31-23(38)17-11-9-16(10-12-17)22(37)30-13-5-4-8-20(34)35/h9-12,15,18-19H,3-8,13-14H2,1-2H3,(H,30,37)(H,31,38)(H,32,39)(H,34,35)/t15-,18?,19-/m0/s1. The van der Waals surface area contributed by atoms with Gasteiger partial charge < -0.3 is 26.0 Å². The minimum absolute atomic E-state index is 0.00844. The van der Waals surface area contributed by atoms with Crippen molar-refractivity contribution < 1.29 is 47.0 Å². The number of likely N-dealkylation sites (tertiary alicyclic amines) is 1.